The van der Waals surface area contributed by atoms with Crippen molar-refractivity contribution in [1.29, 1.82) is 0 Å². The highest BCUT2D eigenvalue weighted by Gasteiger charge is 2.18. The number of hydrogen-bond acceptors (Lipinski definition) is 2. The van der Waals surface area contributed by atoms with Gasteiger partial charge in [-0.05, 0) is 32.2 Å². The van der Waals surface area contributed by atoms with Gasteiger partial charge in [-0.1, -0.05) is 33.1 Å². The Morgan fingerprint density at radius 1 is 1.33 bits per heavy atom. The minimum Gasteiger partial charge on any atom is -0.316 e. The van der Waals surface area contributed by atoms with Gasteiger partial charge in [0.05, 0.1) is 0 Å². The molecule has 1 aliphatic rings. The summed E-state index contributed by atoms with van der Waals surface area (Å²) in [5, 5.41) is 4.44. The second-order valence-electron chi connectivity index (χ2n) is 4.97. The predicted molar refractivity (Wildman–Crippen MR) is 71.6 cm³/mol. The van der Waals surface area contributed by atoms with Gasteiger partial charge < -0.3 is 5.32 Å². The lowest BCUT2D eigenvalue weighted by Crippen LogP contribution is -2.30. The fourth-order valence-electron chi connectivity index (χ4n) is 2.23. The second-order valence-corrected chi connectivity index (χ2v) is 6.31. The zero-order chi connectivity index (χ0) is 11.1. The third-order valence-corrected chi connectivity index (χ3v) is 5.16. The summed E-state index contributed by atoms with van der Waals surface area (Å²) in [7, 11) is 2.11. The summed E-state index contributed by atoms with van der Waals surface area (Å²) in [4.78, 5) is 0. The standard InChI is InChI=1S/C13H27NS/c1-4-11(2)9-12(14-3)10-15-13-7-5-6-8-13/h11-14H,4-10H2,1-3H3. The molecule has 90 valence electrons. The number of rotatable bonds is 7. The molecule has 15 heavy (non-hydrogen) atoms. The van der Waals surface area contributed by atoms with Gasteiger partial charge in [0.2, 0.25) is 0 Å². The Morgan fingerprint density at radius 3 is 2.53 bits per heavy atom. The molecule has 0 aromatic heterocycles. The normalized spacial score (nSPS) is 21.8. The maximum Gasteiger partial charge on any atom is 0.0157 e. The van der Waals surface area contributed by atoms with E-state index < -0.39 is 0 Å². The Hall–Kier alpha value is 0.310. The smallest absolute Gasteiger partial charge is 0.0157 e. The first-order valence-corrected chi connectivity index (χ1v) is 7.60. The van der Waals surface area contributed by atoms with Gasteiger partial charge >= 0.3 is 0 Å². The molecule has 1 fully saturated rings. The number of nitrogens with one attached hydrogen (secondary N) is 1. The van der Waals surface area contributed by atoms with Crippen LogP contribution < -0.4 is 5.32 Å². The molecule has 1 rings (SSSR count). The molecule has 0 amide bonds. The van der Waals surface area contributed by atoms with Crippen molar-refractivity contribution in [1.82, 2.24) is 5.32 Å². The van der Waals surface area contributed by atoms with Gasteiger partial charge in [-0.3, -0.25) is 0 Å². The fraction of sp³-hybridized carbons (Fsp3) is 1.00. The SMILES string of the molecule is CCC(C)CC(CSC1CCCC1)NC. The van der Waals surface area contributed by atoms with Gasteiger partial charge in [-0.2, -0.15) is 11.8 Å². The van der Waals surface area contributed by atoms with Crippen LogP contribution >= 0.6 is 11.8 Å². The lowest BCUT2D eigenvalue weighted by Gasteiger charge is -2.21. The highest BCUT2D eigenvalue weighted by Crippen LogP contribution is 2.30. The topological polar surface area (TPSA) is 12.0 Å². The molecule has 1 N–H and O–H groups in total. The third-order valence-electron chi connectivity index (χ3n) is 3.63. The average Bonchev–Trinajstić information content (AvgIpc) is 2.76. The summed E-state index contributed by atoms with van der Waals surface area (Å²) in [5.41, 5.74) is 0. The Kier molecular flexibility index (Phi) is 6.74. The highest BCUT2D eigenvalue weighted by molar-refractivity contribution is 7.99. The van der Waals surface area contributed by atoms with Crippen LogP contribution in [0.25, 0.3) is 0 Å². The van der Waals surface area contributed by atoms with Crippen molar-refractivity contribution in [2.75, 3.05) is 12.8 Å². The van der Waals surface area contributed by atoms with Gasteiger partial charge in [0, 0.05) is 17.0 Å². The van der Waals surface area contributed by atoms with E-state index in [2.05, 4.69) is 38.0 Å². The van der Waals surface area contributed by atoms with Crippen molar-refractivity contribution in [3.8, 4) is 0 Å². The maximum absolute atomic E-state index is 3.47. The Balaban J connectivity index is 2.14. The van der Waals surface area contributed by atoms with Crippen LogP contribution in [0.3, 0.4) is 0 Å². The van der Waals surface area contributed by atoms with Crippen molar-refractivity contribution in [2.24, 2.45) is 5.92 Å². The lowest BCUT2D eigenvalue weighted by atomic mass is 10.0. The summed E-state index contributed by atoms with van der Waals surface area (Å²) < 4.78 is 0. The minimum absolute atomic E-state index is 0.727. The first kappa shape index (κ1) is 13.4. The van der Waals surface area contributed by atoms with E-state index in [4.69, 9.17) is 0 Å². The van der Waals surface area contributed by atoms with Crippen LogP contribution in [0, 0.1) is 5.92 Å². The summed E-state index contributed by atoms with van der Waals surface area (Å²) in [6, 6.07) is 0.727. The van der Waals surface area contributed by atoms with Crippen LogP contribution in [-0.2, 0) is 0 Å². The van der Waals surface area contributed by atoms with Gasteiger partial charge in [0.15, 0.2) is 0 Å². The van der Waals surface area contributed by atoms with Crippen LogP contribution in [0.4, 0.5) is 0 Å². The first-order chi connectivity index (χ1) is 7.26. The minimum atomic E-state index is 0.727. The molecule has 0 bridgehead atoms. The molecular weight excluding hydrogens is 202 g/mol. The van der Waals surface area contributed by atoms with Gasteiger partial charge in [0.25, 0.3) is 0 Å². The monoisotopic (exact) mass is 229 g/mol. The largest absolute Gasteiger partial charge is 0.316 e. The molecule has 0 aromatic carbocycles. The van der Waals surface area contributed by atoms with Crippen molar-refractivity contribution < 1.29 is 0 Å². The van der Waals surface area contributed by atoms with Crippen LogP contribution in [0.2, 0.25) is 0 Å². The van der Waals surface area contributed by atoms with E-state index in [1.54, 1.807) is 0 Å². The molecule has 0 heterocycles. The van der Waals surface area contributed by atoms with E-state index in [1.165, 1.54) is 44.3 Å². The molecule has 2 atom stereocenters. The quantitative estimate of drug-likeness (QED) is 0.714. The Labute approximate surface area is 99.8 Å². The van der Waals surface area contributed by atoms with E-state index in [0.29, 0.717) is 0 Å². The van der Waals surface area contributed by atoms with Crippen LogP contribution in [-0.4, -0.2) is 24.1 Å². The Bertz CT molecular complexity index is 155. The van der Waals surface area contributed by atoms with Crippen molar-refractivity contribution in [3.05, 3.63) is 0 Å². The van der Waals surface area contributed by atoms with E-state index in [0.717, 1.165) is 17.2 Å². The molecule has 0 aromatic rings. The number of thioether (sulfide) groups is 1. The lowest BCUT2D eigenvalue weighted by molar-refractivity contribution is 0.436. The predicted octanol–water partition coefficient (Wildman–Crippen LogP) is 3.69. The molecule has 1 nitrogen and oxygen atoms in total. The van der Waals surface area contributed by atoms with Gasteiger partial charge in [0.1, 0.15) is 0 Å². The van der Waals surface area contributed by atoms with Gasteiger partial charge in [-0.25, -0.2) is 0 Å². The van der Waals surface area contributed by atoms with Crippen LogP contribution in [0.15, 0.2) is 0 Å². The van der Waals surface area contributed by atoms with Crippen LogP contribution in [0.1, 0.15) is 52.4 Å². The molecule has 0 spiro atoms. The first-order valence-electron chi connectivity index (χ1n) is 6.55. The molecule has 0 radical (unpaired) electrons. The molecular formula is C13H27NS. The fourth-order valence-corrected chi connectivity index (χ4v) is 3.70. The Morgan fingerprint density at radius 2 is 2.00 bits per heavy atom. The van der Waals surface area contributed by atoms with Crippen molar-refractivity contribution in [3.63, 3.8) is 0 Å². The molecule has 0 aliphatic heterocycles. The van der Waals surface area contributed by atoms with E-state index in [9.17, 15) is 0 Å². The summed E-state index contributed by atoms with van der Waals surface area (Å²) in [6.45, 7) is 4.66. The molecule has 1 aliphatic carbocycles. The van der Waals surface area contributed by atoms with E-state index in [-0.39, 0.29) is 0 Å². The van der Waals surface area contributed by atoms with E-state index in [1.807, 2.05) is 0 Å². The molecule has 2 heteroatoms. The van der Waals surface area contributed by atoms with Crippen molar-refractivity contribution >= 4 is 11.8 Å². The summed E-state index contributed by atoms with van der Waals surface area (Å²) >= 11 is 2.21. The van der Waals surface area contributed by atoms with Crippen LogP contribution in [0.5, 0.6) is 0 Å². The van der Waals surface area contributed by atoms with E-state index >= 15 is 0 Å². The molecule has 2 unspecified atom stereocenters. The van der Waals surface area contributed by atoms with Gasteiger partial charge in [-0.15, -0.1) is 0 Å². The summed E-state index contributed by atoms with van der Waals surface area (Å²) in [6.07, 6.45) is 8.51. The molecule has 1 saturated carbocycles. The summed E-state index contributed by atoms with van der Waals surface area (Å²) in [5.74, 6) is 2.18. The molecule has 0 saturated heterocycles. The number of hydrogen-bond donors (Lipinski definition) is 1. The zero-order valence-electron chi connectivity index (χ0n) is 10.6. The second kappa shape index (κ2) is 7.56. The average molecular weight is 229 g/mol. The van der Waals surface area contributed by atoms with Crippen molar-refractivity contribution in [2.45, 2.75) is 63.7 Å². The zero-order valence-corrected chi connectivity index (χ0v) is 11.4. The highest BCUT2D eigenvalue weighted by atomic mass is 32.2. The third kappa shape index (κ3) is 5.26. The maximum atomic E-state index is 3.47.